The molecular weight excluding hydrogens is 428 g/mol. The van der Waals surface area contributed by atoms with Crippen molar-refractivity contribution in [2.24, 2.45) is 10.8 Å². The maximum absolute atomic E-state index is 15.1. The topological polar surface area (TPSA) is 82.4 Å². The third-order valence-corrected chi connectivity index (χ3v) is 7.50. The van der Waals surface area contributed by atoms with E-state index in [-0.39, 0.29) is 6.42 Å². The first kappa shape index (κ1) is 23.5. The maximum Gasteiger partial charge on any atom is 0.317 e. The molecule has 1 heterocycles. The number of benzene rings is 1. The number of rotatable bonds is 9. The molecule has 1 aromatic carbocycles. The van der Waals surface area contributed by atoms with Crippen molar-refractivity contribution in [2.45, 2.75) is 69.8 Å². The summed E-state index contributed by atoms with van der Waals surface area (Å²) in [5.41, 5.74) is -0.0515. The average Bonchev–Trinajstić information content (AvgIpc) is 3.72. The quantitative estimate of drug-likeness (QED) is 0.590. The molecule has 1 saturated heterocycles. The van der Waals surface area contributed by atoms with Gasteiger partial charge in [-0.2, -0.15) is 5.26 Å². The molecule has 0 unspecified atom stereocenters. The van der Waals surface area contributed by atoms with E-state index in [2.05, 4.69) is 11.4 Å². The number of hydrogen-bond acceptors (Lipinski definition) is 4. The number of nitriles is 1. The van der Waals surface area contributed by atoms with E-state index >= 15 is 8.78 Å². The molecule has 8 heteroatoms. The van der Waals surface area contributed by atoms with Crippen molar-refractivity contribution >= 4 is 11.8 Å². The highest BCUT2D eigenvalue weighted by Crippen LogP contribution is 2.53. The van der Waals surface area contributed by atoms with Gasteiger partial charge in [-0.3, -0.25) is 4.79 Å². The molecule has 2 amide bonds. The molecule has 33 heavy (non-hydrogen) atoms. The Kier molecular flexibility index (Phi) is 6.35. The van der Waals surface area contributed by atoms with Crippen molar-refractivity contribution in [3.8, 4) is 11.8 Å². The summed E-state index contributed by atoms with van der Waals surface area (Å²) in [5, 5.41) is 11.9. The molecule has 6 nitrogen and oxygen atoms in total. The summed E-state index contributed by atoms with van der Waals surface area (Å²) >= 11 is 0. The van der Waals surface area contributed by atoms with E-state index in [0.717, 1.165) is 12.8 Å². The van der Waals surface area contributed by atoms with Gasteiger partial charge in [-0.25, -0.2) is 13.6 Å². The van der Waals surface area contributed by atoms with Crippen LogP contribution in [0.25, 0.3) is 0 Å². The smallest absolute Gasteiger partial charge is 0.317 e. The summed E-state index contributed by atoms with van der Waals surface area (Å²) in [4.78, 5) is 27.5. The van der Waals surface area contributed by atoms with E-state index in [0.29, 0.717) is 42.7 Å². The number of nitrogens with zero attached hydrogens (tertiary/aromatic N) is 2. The number of carbonyl (C=O) groups excluding carboxylic acids is 2. The van der Waals surface area contributed by atoms with E-state index < -0.39 is 42.0 Å². The second-order valence-corrected chi connectivity index (χ2v) is 10.1. The molecule has 1 atom stereocenters. The lowest BCUT2D eigenvalue weighted by atomic mass is 9.92. The number of carbonyl (C=O) groups is 2. The number of para-hydroxylation sites is 1. The van der Waals surface area contributed by atoms with Crippen molar-refractivity contribution in [1.29, 1.82) is 5.26 Å². The standard InChI is InChI=1S/C25H31F2N3O3/c1-33-21-5-3-2-4-18(21)14-25(26,27)15-19(20(31)16-24(17-28)8-9-24)29-22(32)30-12-10-23(6-7-23)11-13-30/h2-5,19H,6-16H2,1H3,(H,29,32)/t19-/m0/s1. The van der Waals surface area contributed by atoms with Crippen molar-refractivity contribution in [2.75, 3.05) is 20.2 Å². The molecule has 178 valence electrons. The van der Waals surface area contributed by atoms with Crippen LogP contribution in [0.2, 0.25) is 0 Å². The molecule has 2 aliphatic carbocycles. The molecule has 2 saturated carbocycles. The van der Waals surface area contributed by atoms with Crippen LogP contribution in [0, 0.1) is 22.2 Å². The normalized spacial score (nSPS) is 21.1. The van der Waals surface area contributed by atoms with Gasteiger partial charge in [0.25, 0.3) is 5.92 Å². The Balaban J connectivity index is 1.45. The van der Waals surface area contributed by atoms with Crippen LogP contribution in [-0.2, 0) is 11.2 Å². The minimum Gasteiger partial charge on any atom is -0.496 e. The third kappa shape index (κ3) is 5.63. The fourth-order valence-corrected chi connectivity index (χ4v) is 4.78. The van der Waals surface area contributed by atoms with Gasteiger partial charge in [0.05, 0.1) is 24.6 Å². The SMILES string of the molecule is COc1ccccc1CC(F)(F)C[C@H](NC(=O)N1CCC2(CC1)CC2)C(=O)CC1(C#N)CC1. The highest BCUT2D eigenvalue weighted by Gasteiger charge is 2.48. The predicted molar refractivity (Wildman–Crippen MR) is 118 cm³/mol. The van der Waals surface area contributed by atoms with Crippen molar-refractivity contribution < 1.29 is 23.1 Å². The van der Waals surface area contributed by atoms with Crippen LogP contribution in [0.4, 0.5) is 13.6 Å². The Morgan fingerprint density at radius 3 is 2.42 bits per heavy atom. The van der Waals surface area contributed by atoms with Gasteiger partial charge in [0.1, 0.15) is 5.75 Å². The Morgan fingerprint density at radius 1 is 1.18 bits per heavy atom. The summed E-state index contributed by atoms with van der Waals surface area (Å²) < 4.78 is 35.4. The lowest BCUT2D eigenvalue weighted by Crippen LogP contribution is -2.52. The number of ketones is 1. The van der Waals surface area contributed by atoms with Gasteiger partial charge >= 0.3 is 6.03 Å². The fraction of sp³-hybridized carbons (Fsp3) is 0.640. The number of Topliss-reactive ketones (excluding diaryl/α,β-unsaturated/α-hetero) is 1. The Labute approximate surface area is 193 Å². The molecule has 0 aromatic heterocycles. The molecule has 4 rings (SSSR count). The summed E-state index contributed by atoms with van der Waals surface area (Å²) in [7, 11) is 1.42. The first-order valence-electron chi connectivity index (χ1n) is 11.7. The summed E-state index contributed by atoms with van der Waals surface area (Å²) in [5.74, 6) is -3.39. The monoisotopic (exact) mass is 459 g/mol. The Morgan fingerprint density at radius 2 is 1.85 bits per heavy atom. The van der Waals surface area contributed by atoms with Crippen LogP contribution in [-0.4, -0.2) is 48.9 Å². The van der Waals surface area contributed by atoms with Gasteiger partial charge in [0.15, 0.2) is 5.78 Å². The zero-order valence-electron chi connectivity index (χ0n) is 19.0. The van der Waals surface area contributed by atoms with E-state index in [4.69, 9.17) is 4.74 Å². The third-order valence-electron chi connectivity index (χ3n) is 7.50. The number of nitrogens with one attached hydrogen (secondary N) is 1. The van der Waals surface area contributed by atoms with Crippen molar-refractivity contribution in [1.82, 2.24) is 10.2 Å². The zero-order valence-corrected chi connectivity index (χ0v) is 19.0. The van der Waals surface area contributed by atoms with Crippen molar-refractivity contribution in [3.05, 3.63) is 29.8 Å². The molecule has 0 bridgehead atoms. The molecule has 1 N–H and O–H groups in total. The van der Waals surface area contributed by atoms with Gasteiger partial charge < -0.3 is 15.0 Å². The van der Waals surface area contributed by atoms with E-state index in [9.17, 15) is 14.9 Å². The van der Waals surface area contributed by atoms with Crippen LogP contribution >= 0.6 is 0 Å². The molecule has 1 spiro atoms. The summed E-state index contributed by atoms with van der Waals surface area (Å²) in [6.07, 6.45) is 3.86. The number of amides is 2. The molecular formula is C25H31F2N3O3. The predicted octanol–water partition coefficient (Wildman–Crippen LogP) is 4.48. The second-order valence-electron chi connectivity index (χ2n) is 10.1. The molecule has 0 radical (unpaired) electrons. The molecule has 3 fully saturated rings. The highest BCUT2D eigenvalue weighted by molar-refractivity contribution is 5.89. The van der Waals surface area contributed by atoms with Gasteiger partial charge in [-0.1, -0.05) is 18.2 Å². The number of urea groups is 1. The number of methoxy groups -OCH3 is 1. The highest BCUT2D eigenvalue weighted by atomic mass is 19.3. The molecule has 1 aromatic rings. The lowest BCUT2D eigenvalue weighted by Gasteiger charge is -2.34. The number of piperidine rings is 1. The van der Waals surface area contributed by atoms with E-state index in [1.165, 1.54) is 20.0 Å². The van der Waals surface area contributed by atoms with Gasteiger partial charge in [-0.05, 0) is 50.0 Å². The fourth-order valence-electron chi connectivity index (χ4n) is 4.78. The largest absolute Gasteiger partial charge is 0.496 e. The zero-order chi connectivity index (χ0) is 23.7. The van der Waals surface area contributed by atoms with Crippen LogP contribution in [0.3, 0.4) is 0 Å². The number of alkyl halides is 2. The van der Waals surface area contributed by atoms with Crippen LogP contribution < -0.4 is 10.1 Å². The minimum atomic E-state index is -3.24. The van der Waals surface area contributed by atoms with Gasteiger partial charge in [0.2, 0.25) is 0 Å². The maximum atomic E-state index is 15.1. The van der Waals surface area contributed by atoms with E-state index in [1.807, 2.05) is 0 Å². The number of hydrogen-bond donors (Lipinski definition) is 1. The summed E-state index contributed by atoms with van der Waals surface area (Å²) in [6.45, 7) is 1.15. The van der Waals surface area contributed by atoms with Crippen LogP contribution in [0.5, 0.6) is 5.75 Å². The summed E-state index contributed by atoms with van der Waals surface area (Å²) in [6, 6.07) is 6.87. The van der Waals surface area contributed by atoms with Crippen molar-refractivity contribution in [3.63, 3.8) is 0 Å². The first-order chi connectivity index (χ1) is 15.7. The first-order valence-corrected chi connectivity index (χ1v) is 11.7. The number of likely N-dealkylation sites (tertiary alicyclic amines) is 1. The molecule has 1 aliphatic heterocycles. The number of ether oxygens (including phenoxy) is 1. The van der Waals surface area contributed by atoms with Gasteiger partial charge in [-0.15, -0.1) is 0 Å². The number of halogens is 2. The average molecular weight is 460 g/mol. The minimum absolute atomic E-state index is 0.109. The Hall–Kier alpha value is -2.69. The molecule has 3 aliphatic rings. The Bertz CT molecular complexity index is 940. The van der Waals surface area contributed by atoms with Crippen LogP contribution in [0.15, 0.2) is 24.3 Å². The lowest BCUT2D eigenvalue weighted by molar-refractivity contribution is -0.124. The second kappa shape index (κ2) is 8.92. The van der Waals surface area contributed by atoms with Crippen LogP contribution in [0.1, 0.15) is 56.9 Å². The van der Waals surface area contributed by atoms with E-state index in [1.54, 1.807) is 29.2 Å². The van der Waals surface area contributed by atoms with Gasteiger partial charge in [0, 0.05) is 37.9 Å².